The van der Waals surface area contributed by atoms with Gasteiger partial charge in [-0.3, -0.25) is 4.79 Å². The second kappa shape index (κ2) is 6.53. The van der Waals surface area contributed by atoms with Gasteiger partial charge in [-0.15, -0.1) is 0 Å². The van der Waals surface area contributed by atoms with E-state index in [9.17, 15) is 4.79 Å². The van der Waals surface area contributed by atoms with E-state index >= 15 is 0 Å². The van der Waals surface area contributed by atoms with Crippen molar-refractivity contribution in [2.45, 2.75) is 44.7 Å². The molecule has 106 valence electrons. The Labute approximate surface area is 119 Å². The second-order valence-electron chi connectivity index (χ2n) is 5.51. The fourth-order valence-corrected chi connectivity index (χ4v) is 2.83. The van der Waals surface area contributed by atoms with Gasteiger partial charge in [0, 0.05) is 12.1 Å². The number of nitrogens with one attached hydrogen (secondary N) is 1. The van der Waals surface area contributed by atoms with Gasteiger partial charge < -0.3 is 10.4 Å². The lowest BCUT2D eigenvalue weighted by atomic mass is 9.85. The molecule has 0 saturated heterocycles. The highest BCUT2D eigenvalue weighted by Gasteiger charge is 2.26. The molecule has 1 atom stereocenters. The molecule has 0 spiro atoms. The van der Waals surface area contributed by atoms with Gasteiger partial charge >= 0.3 is 5.97 Å². The Kier molecular flexibility index (Phi) is 4.75. The maximum Gasteiger partial charge on any atom is 0.306 e. The zero-order chi connectivity index (χ0) is 14.5. The average Bonchev–Trinajstić information content (AvgIpc) is 2.47. The first-order valence-corrected chi connectivity index (χ1v) is 7.09. The first kappa shape index (κ1) is 14.5. The van der Waals surface area contributed by atoms with Crippen LogP contribution in [0.1, 0.15) is 49.8 Å². The highest BCUT2D eigenvalue weighted by atomic mass is 16.4. The van der Waals surface area contributed by atoms with Crippen LogP contribution in [-0.4, -0.2) is 17.1 Å². The van der Waals surface area contributed by atoms with Crippen LogP contribution in [0.4, 0.5) is 0 Å². The normalized spacial score (nSPS) is 23.8. The maximum atomic E-state index is 10.9. The van der Waals surface area contributed by atoms with Crippen LogP contribution in [-0.2, 0) is 4.79 Å². The van der Waals surface area contributed by atoms with Gasteiger partial charge in [-0.25, -0.2) is 0 Å². The molecule has 0 bridgehead atoms. The van der Waals surface area contributed by atoms with E-state index < -0.39 is 5.97 Å². The van der Waals surface area contributed by atoms with Gasteiger partial charge in [0.15, 0.2) is 0 Å². The smallest absolute Gasteiger partial charge is 0.306 e. The Hall–Kier alpha value is -1.86. The van der Waals surface area contributed by atoms with Crippen molar-refractivity contribution in [3.63, 3.8) is 0 Å². The van der Waals surface area contributed by atoms with Crippen molar-refractivity contribution < 1.29 is 9.90 Å². The van der Waals surface area contributed by atoms with Gasteiger partial charge in [0.25, 0.3) is 0 Å². The lowest BCUT2D eigenvalue weighted by Crippen LogP contribution is -2.36. The highest BCUT2D eigenvalue weighted by Crippen LogP contribution is 2.26. The van der Waals surface area contributed by atoms with Gasteiger partial charge in [0.05, 0.1) is 17.6 Å². The van der Waals surface area contributed by atoms with Crippen molar-refractivity contribution in [2.24, 2.45) is 5.92 Å². The number of carboxylic acids is 1. The summed E-state index contributed by atoms with van der Waals surface area (Å²) in [5.74, 6) is -0.844. The van der Waals surface area contributed by atoms with Crippen LogP contribution in [0.5, 0.6) is 0 Å². The predicted molar refractivity (Wildman–Crippen MR) is 76.1 cm³/mol. The van der Waals surface area contributed by atoms with E-state index in [0.717, 1.165) is 31.2 Å². The molecule has 1 unspecified atom stereocenters. The van der Waals surface area contributed by atoms with Gasteiger partial charge in [0.1, 0.15) is 0 Å². The molecule has 0 aromatic heterocycles. The topological polar surface area (TPSA) is 73.1 Å². The van der Waals surface area contributed by atoms with Crippen LogP contribution in [0.25, 0.3) is 0 Å². The molecular weight excluding hydrogens is 252 g/mol. The van der Waals surface area contributed by atoms with Crippen molar-refractivity contribution in [1.29, 1.82) is 5.26 Å². The fourth-order valence-electron chi connectivity index (χ4n) is 2.83. The number of carboxylic acid groups (broad SMARTS) is 1. The van der Waals surface area contributed by atoms with Crippen molar-refractivity contribution in [3.05, 3.63) is 35.4 Å². The Balaban J connectivity index is 1.90. The molecule has 1 aromatic rings. The SMILES string of the molecule is CC(NC1CCC(C(=O)O)CC1)c1cccc(C#N)c1. The minimum absolute atomic E-state index is 0.176. The lowest BCUT2D eigenvalue weighted by molar-refractivity contribution is -0.142. The third-order valence-corrected chi connectivity index (χ3v) is 4.08. The van der Waals surface area contributed by atoms with Crippen molar-refractivity contribution in [2.75, 3.05) is 0 Å². The molecule has 4 heteroatoms. The summed E-state index contributed by atoms with van der Waals surface area (Å²) in [6, 6.07) is 10.3. The van der Waals surface area contributed by atoms with Crippen molar-refractivity contribution in [1.82, 2.24) is 5.32 Å². The Morgan fingerprint density at radius 2 is 2.10 bits per heavy atom. The molecular formula is C16H20N2O2. The molecule has 0 radical (unpaired) electrons. The maximum absolute atomic E-state index is 10.9. The molecule has 1 aliphatic carbocycles. The number of aliphatic carboxylic acids is 1. The zero-order valence-electron chi connectivity index (χ0n) is 11.7. The molecule has 1 aromatic carbocycles. The number of nitrogens with zero attached hydrogens (tertiary/aromatic N) is 1. The molecule has 4 nitrogen and oxygen atoms in total. The lowest BCUT2D eigenvalue weighted by Gasteiger charge is -2.29. The number of hydrogen-bond donors (Lipinski definition) is 2. The van der Waals surface area contributed by atoms with E-state index in [2.05, 4.69) is 18.3 Å². The van der Waals surface area contributed by atoms with Gasteiger partial charge in [-0.05, 0) is 50.3 Å². The van der Waals surface area contributed by atoms with E-state index in [1.54, 1.807) is 6.07 Å². The summed E-state index contributed by atoms with van der Waals surface area (Å²) in [6.07, 6.45) is 3.30. The summed E-state index contributed by atoms with van der Waals surface area (Å²) >= 11 is 0. The molecule has 0 heterocycles. The van der Waals surface area contributed by atoms with Crippen LogP contribution >= 0.6 is 0 Å². The summed E-state index contributed by atoms with van der Waals surface area (Å²) in [7, 11) is 0. The quantitative estimate of drug-likeness (QED) is 0.884. The number of rotatable bonds is 4. The first-order chi connectivity index (χ1) is 9.60. The summed E-state index contributed by atoms with van der Waals surface area (Å²) < 4.78 is 0. The minimum atomic E-state index is -0.668. The molecule has 1 fully saturated rings. The monoisotopic (exact) mass is 272 g/mol. The average molecular weight is 272 g/mol. The zero-order valence-corrected chi connectivity index (χ0v) is 11.7. The summed E-state index contributed by atoms with van der Waals surface area (Å²) in [4.78, 5) is 10.9. The molecule has 0 amide bonds. The molecule has 2 rings (SSSR count). The third-order valence-electron chi connectivity index (χ3n) is 4.08. The van der Waals surface area contributed by atoms with Crippen molar-refractivity contribution in [3.8, 4) is 6.07 Å². The van der Waals surface area contributed by atoms with Crippen LogP contribution in [0.2, 0.25) is 0 Å². The Bertz CT molecular complexity index is 513. The summed E-state index contributed by atoms with van der Waals surface area (Å²) in [6.45, 7) is 2.08. The van der Waals surface area contributed by atoms with E-state index in [0.29, 0.717) is 11.6 Å². The number of hydrogen-bond acceptors (Lipinski definition) is 3. The fraction of sp³-hybridized carbons (Fsp3) is 0.500. The van der Waals surface area contributed by atoms with Gasteiger partial charge in [-0.1, -0.05) is 12.1 Å². The third kappa shape index (κ3) is 3.58. The van der Waals surface area contributed by atoms with Gasteiger partial charge in [0.2, 0.25) is 0 Å². The van der Waals surface area contributed by atoms with Crippen LogP contribution < -0.4 is 5.32 Å². The van der Waals surface area contributed by atoms with E-state index in [4.69, 9.17) is 10.4 Å². The number of carbonyl (C=O) groups is 1. The highest BCUT2D eigenvalue weighted by molar-refractivity contribution is 5.70. The van der Waals surface area contributed by atoms with E-state index in [1.807, 2.05) is 18.2 Å². The van der Waals surface area contributed by atoms with Crippen LogP contribution in [0.3, 0.4) is 0 Å². The molecule has 2 N–H and O–H groups in total. The first-order valence-electron chi connectivity index (χ1n) is 7.09. The Morgan fingerprint density at radius 1 is 1.40 bits per heavy atom. The second-order valence-corrected chi connectivity index (χ2v) is 5.51. The van der Waals surface area contributed by atoms with Crippen LogP contribution in [0.15, 0.2) is 24.3 Å². The molecule has 1 saturated carbocycles. The van der Waals surface area contributed by atoms with E-state index in [-0.39, 0.29) is 12.0 Å². The van der Waals surface area contributed by atoms with E-state index in [1.165, 1.54) is 0 Å². The van der Waals surface area contributed by atoms with Crippen molar-refractivity contribution >= 4 is 5.97 Å². The minimum Gasteiger partial charge on any atom is -0.481 e. The van der Waals surface area contributed by atoms with Gasteiger partial charge in [-0.2, -0.15) is 5.26 Å². The Morgan fingerprint density at radius 3 is 2.70 bits per heavy atom. The van der Waals surface area contributed by atoms with Crippen LogP contribution in [0, 0.1) is 17.2 Å². The largest absolute Gasteiger partial charge is 0.481 e. The number of benzene rings is 1. The summed E-state index contributed by atoms with van der Waals surface area (Å²) in [5.41, 5.74) is 1.77. The number of nitriles is 1. The standard InChI is InChI=1S/C16H20N2O2/c1-11(14-4-2-3-12(9-14)10-17)18-15-7-5-13(6-8-15)16(19)20/h2-4,9,11,13,15,18H,5-8H2,1H3,(H,19,20). The summed E-state index contributed by atoms with van der Waals surface area (Å²) in [5, 5.41) is 21.5. The molecule has 1 aliphatic rings. The predicted octanol–water partition coefficient (Wildman–Crippen LogP) is 2.85. The molecule has 0 aliphatic heterocycles. The molecule has 20 heavy (non-hydrogen) atoms.